The minimum atomic E-state index is -3.83. The second kappa shape index (κ2) is 6.04. The highest BCUT2D eigenvalue weighted by molar-refractivity contribution is 7.89. The molecule has 0 amide bonds. The van der Waals surface area contributed by atoms with Gasteiger partial charge in [0.25, 0.3) is 0 Å². The topological polar surface area (TPSA) is 70.0 Å². The van der Waals surface area contributed by atoms with E-state index in [2.05, 4.69) is 4.72 Å². The van der Waals surface area contributed by atoms with Gasteiger partial charge in [0, 0.05) is 6.04 Å². The van der Waals surface area contributed by atoms with Crippen molar-refractivity contribution in [3.8, 4) is 6.07 Å². The van der Waals surface area contributed by atoms with Crippen LogP contribution < -0.4 is 4.72 Å². The van der Waals surface area contributed by atoms with Gasteiger partial charge >= 0.3 is 0 Å². The summed E-state index contributed by atoms with van der Waals surface area (Å²) in [7, 11) is -3.83. The second-order valence-electron chi connectivity index (χ2n) is 4.50. The molecule has 0 saturated carbocycles. The quantitative estimate of drug-likeness (QED) is 0.944. The Morgan fingerprint density at radius 1 is 1.14 bits per heavy atom. The first-order valence-electron chi connectivity index (χ1n) is 6.21. The first-order valence-corrected chi connectivity index (χ1v) is 7.69. The lowest BCUT2D eigenvalue weighted by Crippen LogP contribution is -2.27. The van der Waals surface area contributed by atoms with Crippen LogP contribution in [-0.4, -0.2) is 8.42 Å². The average Bonchev–Trinajstić information content (AvgIpc) is 2.47. The zero-order valence-electron chi connectivity index (χ0n) is 11.2. The molecule has 0 radical (unpaired) electrons. The van der Waals surface area contributed by atoms with Crippen molar-refractivity contribution >= 4 is 10.0 Å². The number of nitrogens with zero attached hydrogens (tertiary/aromatic N) is 1. The number of hydrogen-bond acceptors (Lipinski definition) is 3. The van der Waals surface area contributed by atoms with Gasteiger partial charge in [-0.15, -0.1) is 0 Å². The Morgan fingerprint density at radius 2 is 1.76 bits per heavy atom. The molecule has 6 heteroatoms. The Morgan fingerprint density at radius 3 is 2.38 bits per heavy atom. The lowest BCUT2D eigenvalue weighted by atomic mass is 10.1. The smallest absolute Gasteiger partial charge is 0.207 e. The number of hydrogen-bond donors (Lipinski definition) is 1. The number of rotatable bonds is 4. The van der Waals surface area contributed by atoms with Gasteiger partial charge in [-0.25, -0.2) is 17.5 Å². The van der Waals surface area contributed by atoms with Crippen LogP contribution in [0.1, 0.15) is 24.1 Å². The van der Waals surface area contributed by atoms with Crippen LogP contribution in [0.2, 0.25) is 0 Å². The molecule has 0 aromatic heterocycles. The van der Waals surface area contributed by atoms with Gasteiger partial charge in [-0.3, -0.25) is 0 Å². The maximum Gasteiger partial charge on any atom is 0.242 e. The lowest BCUT2D eigenvalue weighted by molar-refractivity contribution is 0.566. The van der Waals surface area contributed by atoms with Gasteiger partial charge in [-0.05, 0) is 36.8 Å². The Labute approximate surface area is 122 Å². The molecule has 1 unspecified atom stereocenters. The van der Waals surface area contributed by atoms with E-state index in [1.807, 2.05) is 6.07 Å². The van der Waals surface area contributed by atoms with Crippen molar-refractivity contribution in [2.24, 2.45) is 0 Å². The van der Waals surface area contributed by atoms with E-state index < -0.39 is 16.1 Å². The van der Waals surface area contributed by atoms with Crippen LogP contribution in [0.15, 0.2) is 53.4 Å². The fourth-order valence-electron chi connectivity index (χ4n) is 1.91. The molecule has 0 aliphatic rings. The van der Waals surface area contributed by atoms with Crippen LogP contribution in [0.4, 0.5) is 4.39 Å². The third kappa shape index (κ3) is 3.45. The van der Waals surface area contributed by atoms with E-state index in [1.165, 1.54) is 36.4 Å². The highest BCUT2D eigenvalue weighted by Gasteiger charge is 2.21. The normalized spacial score (nSPS) is 12.6. The maximum atomic E-state index is 12.9. The highest BCUT2D eigenvalue weighted by Crippen LogP contribution is 2.19. The SMILES string of the molecule is CC(NS(=O)(=O)c1ccccc1C#N)c1ccc(F)cc1. The van der Waals surface area contributed by atoms with E-state index in [4.69, 9.17) is 5.26 Å². The molecular weight excluding hydrogens is 291 g/mol. The summed E-state index contributed by atoms with van der Waals surface area (Å²) in [5.74, 6) is -0.386. The Balaban J connectivity index is 2.29. The zero-order chi connectivity index (χ0) is 15.5. The molecule has 2 rings (SSSR count). The van der Waals surface area contributed by atoms with E-state index >= 15 is 0 Å². The monoisotopic (exact) mass is 304 g/mol. The fraction of sp³-hybridized carbons (Fsp3) is 0.133. The van der Waals surface area contributed by atoms with Crippen LogP contribution in [0.25, 0.3) is 0 Å². The van der Waals surface area contributed by atoms with Crippen LogP contribution in [0.5, 0.6) is 0 Å². The molecule has 1 atom stereocenters. The summed E-state index contributed by atoms with van der Waals surface area (Å²) < 4.78 is 40.0. The van der Waals surface area contributed by atoms with Crippen LogP contribution >= 0.6 is 0 Å². The van der Waals surface area contributed by atoms with E-state index in [-0.39, 0.29) is 16.3 Å². The summed E-state index contributed by atoms with van der Waals surface area (Å²) in [6.45, 7) is 1.65. The van der Waals surface area contributed by atoms with Crippen LogP contribution in [-0.2, 0) is 10.0 Å². The third-order valence-electron chi connectivity index (χ3n) is 3.00. The fourth-order valence-corrected chi connectivity index (χ4v) is 3.30. The Hall–Kier alpha value is -2.23. The molecule has 0 bridgehead atoms. The molecule has 0 aliphatic heterocycles. The van der Waals surface area contributed by atoms with Gasteiger partial charge < -0.3 is 0 Å². The van der Waals surface area contributed by atoms with Crippen LogP contribution in [0, 0.1) is 17.1 Å². The van der Waals surface area contributed by atoms with Gasteiger partial charge in [-0.2, -0.15) is 5.26 Å². The number of benzene rings is 2. The average molecular weight is 304 g/mol. The minimum Gasteiger partial charge on any atom is -0.207 e. The van der Waals surface area contributed by atoms with Crippen molar-refractivity contribution < 1.29 is 12.8 Å². The molecule has 0 heterocycles. The zero-order valence-corrected chi connectivity index (χ0v) is 12.1. The number of nitriles is 1. The summed E-state index contributed by atoms with van der Waals surface area (Å²) in [5, 5.41) is 8.98. The number of halogens is 1. The van der Waals surface area contributed by atoms with Crippen molar-refractivity contribution in [2.45, 2.75) is 17.9 Å². The largest absolute Gasteiger partial charge is 0.242 e. The van der Waals surface area contributed by atoms with Gasteiger partial charge in [-0.1, -0.05) is 24.3 Å². The predicted molar refractivity (Wildman–Crippen MR) is 76.3 cm³/mol. The van der Waals surface area contributed by atoms with Crippen molar-refractivity contribution in [2.75, 3.05) is 0 Å². The predicted octanol–water partition coefficient (Wildman–Crippen LogP) is 2.74. The van der Waals surface area contributed by atoms with Crippen molar-refractivity contribution in [1.29, 1.82) is 5.26 Å². The molecule has 108 valence electrons. The minimum absolute atomic E-state index is 0.0681. The molecule has 2 aromatic carbocycles. The molecule has 0 spiro atoms. The van der Waals surface area contributed by atoms with Crippen molar-refractivity contribution in [1.82, 2.24) is 4.72 Å². The third-order valence-corrected chi connectivity index (χ3v) is 4.60. The molecule has 0 saturated heterocycles. The maximum absolute atomic E-state index is 12.9. The second-order valence-corrected chi connectivity index (χ2v) is 6.18. The van der Waals surface area contributed by atoms with Gasteiger partial charge in [0.15, 0.2) is 0 Å². The number of nitrogens with one attached hydrogen (secondary N) is 1. The molecule has 21 heavy (non-hydrogen) atoms. The lowest BCUT2D eigenvalue weighted by Gasteiger charge is -2.15. The molecule has 4 nitrogen and oxygen atoms in total. The van der Waals surface area contributed by atoms with Gasteiger partial charge in [0.05, 0.1) is 10.5 Å². The molecule has 0 aliphatic carbocycles. The Bertz CT molecular complexity index is 780. The van der Waals surface area contributed by atoms with E-state index in [0.717, 1.165) is 0 Å². The van der Waals surface area contributed by atoms with Gasteiger partial charge in [0.2, 0.25) is 10.0 Å². The van der Waals surface area contributed by atoms with Crippen molar-refractivity contribution in [3.63, 3.8) is 0 Å². The highest BCUT2D eigenvalue weighted by atomic mass is 32.2. The standard InChI is InChI=1S/C15H13FN2O2S/c1-11(12-6-8-14(16)9-7-12)18-21(19,20)15-5-3-2-4-13(15)10-17/h2-9,11,18H,1H3. The summed E-state index contributed by atoms with van der Waals surface area (Å²) in [6, 6.07) is 12.8. The molecule has 1 N–H and O–H groups in total. The van der Waals surface area contributed by atoms with E-state index in [1.54, 1.807) is 19.1 Å². The van der Waals surface area contributed by atoms with Crippen molar-refractivity contribution in [3.05, 3.63) is 65.5 Å². The number of sulfonamides is 1. The first-order chi connectivity index (χ1) is 9.94. The molecule has 0 fully saturated rings. The summed E-state index contributed by atoms with van der Waals surface area (Å²) in [5.41, 5.74) is 0.714. The first kappa shape index (κ1) is 15.2. The van der Waals surface area contributed by atoms with Crippen LogP contribution in [0.3, 0.4) is 0 Å². The van der Waals surface area contributed by atoms with E-state index in [0.29, 0.717) is 5.56 Å². The summed E-state index contributed by atoms with van der Waals surface area (Å²) in [6.07, 6.45) is 0. The van der Waals surface area contributed by atoms with E-state index in [9.17, 15) is 12.8 Å². The molecule has 2 aromatic rings. The Kier molecular flexibility index (Phi) is 4.36. The summed E-state index contributed by atoms with van der Waals surface area (Å²) >= 11 is 0. The van der Waals surface area contributed by atoms with Gasteiger partial charge in [0.1, 0.15) is 11.9 Å². The summed E-state index contributed by atoms with van der Waals surface area (Å²) in [4.78, 5) is -0.0681. The molecular formula is C15H13FN2O2S.